The second-order valence-corrected chi connectivity index (χ2v) is 5.30. The summed E-state index contributed by atoms with van der Waals surface area (Å²) in [5.74, 6) is -0.270. The van der Waals surface area contributed by atoms with Crippen molar-refractivity contribution in [3.8, 4) is 11.6 Å². The fourth-order valence-electron chi connectivity index (χ4n) is 2.41. The van der Waals surface area contributed by atoms with Crippen LogP contribution in [0.25, 0.3) is 5.69 Å². The first kappa shape index (κ1) is 15.1. The maximum absolute atomic E-state index is 11.1. The molecule has 0 unspecified atom stereocenters. The molecule has 0 saturated heterocycles. The molecular weight excluding hydrogens is 268 g/mol. The molecule has 0 aliphatic carbocycles. The number of benzene rings is 1. The molecule has 0 atom stereocenters. The predicted octanol–water partition coefficient (Wildman–Crippen LogP) is 2.94. The van der Waals surface area contributed by atoms with Crippen molar-refractivity contribution in [1.29, 1.82) is 0 Å². The van der Waals surface area contributed by atoms with Gasteiger partial charge < -0.3 is 9.84 Å². The van der Waals surface area contributed by atoms with Gasteiger partial charge in [-0.25, -0.2) is 4.68 Å². The van der Waals surface area contributed by atoms with Crippen molar-refractivity contribution >= 4 is 5.97 Å². The number of ether oxygens (including phenoxy) is 1. The monoisotopic (exact) mass is 288 g/mol. The zero-order valence-corrected chi connectivity index (χ0v) is 12.8. The average Bonchev–Trinajstić information content (AvgIpc) is 2.77. The quantitative estimate of drug-likeness (QED) is 0.918. The Kier molecular flexibility index (Phi) is 4.31. The third kappa shape index (κ3) is 2.91. The number of carboxylic acid groups (broad SMARTS) is 1. The van der Waals surface area contributed by atoms with Crippen molar-refractivity contribution < 1.29 is 14.6 Å². The number of carboxylic acids is 1. The molecular formula is C16H20N2O3. The maximum Gasteiger partial charge on any atom is 0.308 e. The van der Waals surface area contributed by atoms with E-state index in [2.05, 4.69) is 5.10 Å². The van der Waals surface area contributed by atoms with Crippen LogP contribution in [0.3, 0.4) is 0 Å². The molecule has 0 saturated carbocycles. The van der Waals surface area contributed by atoms with E-state index in [1.165, 1.54) is 0 Å². The molecule has 5 nitrogen and oxygen atoms in total. The molecule has 1 heterocycles. The minimum Gasteiger partial charge on any atom is -0.481 e. The number of aliphatic carboxylic acids is 1. The van der Waals surface area contributed by atoms with Crippen LogP contribution in [0.15, 0.2) is 24.3 Å². The Bertz CT molecular complexity index is 660. The third-order valence-electron chi connectivity index (χ3n) is 3.38. The van der Waals surface area contributed by atoms with Crippen LogP contribution in [0.4, 0.5) is 0 Å². The summed E-state index contributed by atoms with van der Waals surface area (Å²) in [7, 11) is 1.54. The number of aromatic nitrogens is 2. The average molecular weight is 288 g/mol. The second-order valence-electron chi connectivity index (χ2n) is 5.30. The Balaban J connectivity index is 2.67. The fraction of sp³-hybridized carbons (Fsp3) is 0.375. The predicted molar refractivity (Wildman–Crippen MR) is 80.3 cm³/mol. The number of hydrogen-bond donors (Lipinski definition) is 1. The smallest absolute Gasteiger partial charge is 0.308 e. The van der Waals surface area contributed by atoms with E-state index in [1.54, 1.807) is 11.8 Å². The van der Waals surface area contributed by atoms with Gasteiger partial charge in [0.15, 0.2) is 0 Å². The number of nitrogens with zero attached hydrogens (tertiary/aromatic N) is 2. The highest BCUT2D eigenvalue weighted by Gasteiger charge is 2.23. The first-order valence-corrected chi connectivity index (χ1v) is 6.89. The van der Waals surface area contributed by atoms with Gasteiger partial charge in [-0.2, -0.15) is 5.10 Å². The van der Waals surface area contributed by atoms with Gasteiger partial charge in [0, 0.05) is 5.56 Å². The number of para-hydroxylation sites is 1. The maximum atomic E-state index is 11.1. The van der Waals surface area contributed by atoms with Crippen LogP contribution >= 0.6 is 0 Å². The molecule has 0 aliphatic rings. The summed E-state index contributed by atoms with van der Waals surface area (Å²) in [5, 5.41) is 13.7. The first-order valence-electron chi connectivity index (χ1n) is 6.89. The molecule has 0 radical (unpaired) electrons. The van der Waals surface area contributed by atoms with Crippen molar-refractivity contribution in [2.24, 2.45) is 0 Å². The molecule has 5 heteroatoms. The summed E-state index contributed by atoms with van der Waals surface area (Å²) in [5.41, 5.74) is 3.35. The highest BCUT2D eigenvalue weighted by atomic mass is 16.5. The van der Waals surface area contributed by atoms with Crippen LogP contribution in [-0.2, 0) is 11.2 Å². The van der Waals surface area contributed by atoms with E-state index in [0.717, 1.165) is 16.9 Å². The SMILES string of the molecule is COc1c(CC(=O)O)c(C(C)C)nn1-c1ccccc1C. The lowest BCUT2D eigenvalue weighted by Crippen LogP contribution is -2.05. The minimum absolute atomic E-state index is 0.0947. The van der Waals surface area contributed by atoms with Gasteiger partial charge in [-0.1, -0.05) is 32.0 Å². The molecule has 0 aliphatic heterocycles. The molecule has 0 amide bonds. The largest absolute Gasteiger partial charge is 0.481 e. The van der Waals surface area contributed by atoms with Crippen molar-refractivity contribution in [2.45, 2.75) is 33.1 Å². The van der Waals surface area contributed by atoms with Gasteiger partial charge in [-0.15, -0.1) is 0 Å². The normalized spacial score (nSPS) is 10.9. The fourth-order valence-corrected chi connectivity index (χ4v) is 2.41. The standard InChI is InChI=1S/C16H20N2O3/c1-10(2)15-12(9-14(19)20)16(21-4)18(17-15)13-8-6-5-7-11(13)3/h5-8,10H,9H2,1-4H3,(H,19,20). The lowest BCUT2D eigenvalue weighted by Gasteiger charge is -2.09. The highest BCUT2D eigenvalue weighted by Crippen LogP contribution is 2.31. The van der Waals surface area contributed by atoms with Gasteiger partial charge >= 0.3 is 5.97 Å². The summed E-state index contributed by atoms with van der Waals surface area (Å²) in [6, 6.07) is 7.81. The van der Waals surface area contributed by atoms with Gasteiger partial charge in [-0.3, -0.25) is 4.79 Å². The van der Waals surface area contributed by atoms with Gasteiger partial charge in [-0.05, 0) is 24.5 Å². The molecule has 0 fully saturated rings. The van der Waals surface area contributed by atoms with E-state index < -0.39 is 5.97 Å². The molecule has 112 valence electrons. The Labute approximate surface area is 124 Å². The van der Waals surface area contributed by atoms with E-state index in [0.29, 0.717) is 11.4 Å². The summed E-state index contributed by atoms with van der Waals surface area (Å²) < 4.78 is 7.15. The third-order valence-corrected chi connectivity index (χ3v) is 3.38. The lowest BCUT2D eigenvalue weighted by molar-refractivity contribution is -0.136. The Morgan fingerprint density at radius 1 is 1.38 bits per heavy atom. The Morgan fingerprint density at radius 3 is 2.57 bits per heavy atom. The number of hydrogen-bond acceptors (Lipinski definition) is 3. The van der Waals surface area contributed by atoms with Gasteiger partial charge in [0.25, 0.3) is 0 Å². The van der Waals surface area contributed by atoms with Crippen molar-refractivity contribution in [3.05, 3.63) is 41.1 Å². The molecule has 21 heavy (non-hydrogen) atoms. The molecule has 0 bridgehead atoms. The van der Waals surface area contributed by atoms with Crippen molar-refractivity contribution in [1.82, 2.24) is 9.78 Å². The summed E-state index contributed by atoms with van der Waals surface area (Å²) >= 11 is 0. The van der Waals surface area contributed by atoms with Gasteiger partial charge in [0.1, 0.15) is 0 Å². The number of aryl methyl sites for hydroxylation is 1. The molecule has 0 spiro atoms. The van der Waals surface area contributed by atoms with E-state index in [4.69, 9.17) is 9.84 Å². The Hall–Kier alpha value is -2.30. The summed E-state index contributed by atoms with van der Waals surface area (Å²) in [6.07, 6.45) is -0.0947. The molecule has 2 rings (SSSR count). The summed E-state index contributed by atoms with van der Waals surface area (Å²) in [6.45, 7) is 5.98. The zero-order chi connectivity index (χ0) is 15.6. The van der Waals surface area contributed by atoms with Gasteiger partial charge in [0.05, 0.1) is 24.9 Å². The lowest BCUT2D eigenvalue weighted by atomic mass is 10.0. The van der Waals surface area contributed by atoms with E-state index in [9.17, 15) is 4.79 Å². The molecule has 1 aromatic heterocycles. The van der Waals surface area contributed by atoms with Crippen LogP contribution in [0, 0.1) is 6.92 Å². The van der Waals surface area contributed by atoms with Crippen LogP contribution < -0.4 is 4.74 Å². The number of methoxy groups -OCH3 is 1. The second kappa shape index (κ2) is 5.99. The zero-order valence-electron chi connectivity index (χ0n) is 12.8. The molecule has 1 aromatic carbocycles. The number of carbonyl (C=O) groups is 1. The van der Waals surface area contributed by atoms with Crippen molar-refractivity contribution in [3.63, 3.8) is 0 Å². The highest BCUT2D eigenvalue weighted by molar-refractivity contribution is 5.72. The minimum atomic E-state index is -0.889. The van der Waals surface area contributed by atoms with E-state index >= 15 is 0 Å². The van der Waals surface area contributed by atoms with E-state index in [1.807, 2.05) is 45.0 Å². The van der Waals surface area contributed by atoms with Crippen molar-refractivity contribution in [2.75, 3.05) is 7.11 Å². The van der Waals surface area contributed by atoms with Crippen LogP contribution in [0.1, 0.15) is 36.6 Å². The van der Waals surface area contributed by atoms with Crippen LogP contribution in [0.2, 0.25) is 0 Å². The topological polar surface area (TPSA) is 64.3 Å². The summed E-state index contributed by atoms with van der Waals surface area (Å²) in [4.78, 5) is 11.1. The number of rotatable bonds is 5. The van der Waals surface area contributed by atoms with Gasteiger partial charge in [0.2, 0.25) is 5.88 Å². The van der Waals surface area contributed by atoms with Crippen LogP contribution in [0.5, 0.6) is 5.88 Å². The molecule has 2 aromatic rings. The molecule has 1 N–H and O–H groups in total. The van der Waals surface area contributed by atoms with Crippen LogP contribution in [-0.4, -0.2) is 28.0 Å². The Morgan fingerprint density at radius 2 is 2.05 bits per heavy atom. The first-order chi connectivity index (χ1) is 9.95. The van der Waals surface area contributed by atoms with E-state index in [-0.39, 0.29) is 12.3 Å².